The van der Waals surface area contributed by atoms with E-state index in [0.717, 1.165) is 26.3 Å². The molecule has 1 spiro atoms. The highest BCUT2D eigenvalue weighted by Crippen LogP contribution is 2.88. The molecule has 0 radical (unpaired) electrons. The number of rotatable bonds is 2. The van der Waals surface area contributed by atoms with Gasteiger partial charge in [0.15, 0.2) is 0 Å². The minimum atomic E-state index is -1.14. The van der Waals surface area contributed by atoms with E-state index in [9.17, 15) is 4.79 Å². The van der Waals surface area contributed by atoms with E-state index in [4.69, 9.17) is 4.74 Å². The Kier molecular flexibility index (Phi) is 4.55. The zero-order valence-corrected chi connectivity index (χ0v) is 15.7. The predicted molar refractivity (Wildman–Crippen MR) is 96.8 cm³/mol. The van der Waals surface area contributed by atoms with Crippen LogP contribution in [0.25, 0.3) is 0 Å². The molecule has 0 N–H and O–H groups in total. The molecule has 0 aromatic rings. The first-order valence-electron chi connectivity index (χ1n) is 9.61. The molecule has 22 heavy (non-hydrogen) atoms. The van der Waals surface area contributed by atoms with Gasteiger partial charge in [0.2, 0.25) is 5.08 Å². The van der Waals surface area contributed by atoms with Gasteiger partial charge < -0.3 is 4.74 Å². The molecule has 2 aliphatic heterocycles. The fraction of sp³-hybridized carbons (Fsp3) is 0.944. The van der Waals surface area contributed by atoms with Gasteiger partial charge in [0, 0.05) is 12.6 Å². The van der Waals surface area contributed by atoms with Crippen LogP contribution < -0.4 is 0 Å². The lowest BCUT2D eigenvalue weighted by Gasteiger charge is -2.47. The van der Waals surface area contributed by atoms with Crippen LogP contribution in [-0.4, -0.2) is 34.7 Å². The molecule has 0 amide bonds. The number of ether oxygens (including phenoxy) is 1. The average molecular weight is 341 g/mol. The number of carbonyl (C=O) groups excluding carboxylic acids is 1. The number of hydrogen-bond donors (Lipinski definition) is 0. The molecule has 2 unspecified atom stereocenters. The first-order valence-corrected chi connectivity index (χ1v) is 12.9. The summed E-state index contributed by atoms with van der Waals surface area (Å²) in [5.41, 5.74) is 1.90. The van der Waals surface area contributed by atoms with Crippen LogP contribution in [-0.2, 0) is 9.53 Å². The first-order chi connectivity index (χ1) is 10.8. The van der Waals surface area contributed by atoms with E-state index in [2.05, 4.69) is 0 Å². The SMILES string of the molecule is O=C1CCC2(O1)PCC[P+]2(C1CCCCC1)C1CCCCC1. The number of carbonyl (C=O) groups is 1. The molecular weight excluding hydrogens is 310 g/mol. The Morgan fingerprint density at radius 1 is 0.955 bits per heavy atom. The summed E-state index contributed by atoms with van der Waals surface area (Å²) < 4.78 is 6.26. The van der Waals surface area contributed by atoms with Crippen molar-refractivity contribution in [3.8, 4) is 0 Å². The van der Waals surface area contributed by atoms with Gasteiger partial charge in [-0.05, 0) is 59.9 Å². The third-order valence-electron chi connectivity index (χ3n) is 6.96. The Morgan fingerprint density at radius 3 is 2.05 bits per heavy atom. The van der Waals surface area contributed by atoms with Crippen LogP contribution in [0.2, 0.25) is 0 Å². The summed E-state index contributed by atoms with van der Waals surface area (Å²) in [7, 11) is -0.219. The molecular formula is C18H31O2P2+. The van der Waals surface area contributed by atoms with Crippen molar-refractivity contribution in [1.29, 1.82) is 0 Å². The average Bonchev–Trinajstić information content (AvgIpc) is 3.14. The minimum absolute atomic E-state index is 0.0775. The maximum absolute atomic E-state index is 12.1. The van der Waals surface area contributed by atoms with Crippen molar-refractivity contribution in [3.63, 3.8) is 0 Å². The third-order valence-corrected chi connectivity index (χ3v) is 16.8. The van der Waals surface area contributed by atoms with Crippen molar-refractivity contribution in [3.05, 3.63) is 0 Å². The molecule has 0 aromatic carbocycles. The highest BCUT2D eigenvalue weighted by atomic mass is 31.2. The van der Waals surface area contributed by atoms with Gasteiger partial charge in [0.05, 0.1) is 31.2 Å². The second kappa shape index (κ2) is 6.33. The Morgan fingerprint density at radius 2 is 1.55 bits per heavy atom. The van der Waals surface area contributed by atoms with Gasteiger partial charge in [-0.25, -0.2) is 0 Å². The van der Waals surface area contributed by atoms with Crippen molar-refractivity contribution < 1.29 is 9.53 Å². The predicted octanol–water partition coefficient (Wildman–Crippen LogP) is 5.35. The van der Waals surface area contributed by atoms with Crippen molar-refractivity contribution in [1.82, 2.24) is 0 Å². The first kappa shape index (κ1) is 15.8. The van der Waals surface area contributed by atoms with E-state index in [1.165, 1.54) is 76.5 Å². The van der Waals surface area contributed by atoms with Crippen molar-refractivity contribution in [2.24, 2.45) is 0 Å². The third kappa shape index (κ3) is 2.39. The highest BCUT2D eigenvalue weighted by Gasteiger charge is 2.71. The van der Waals surface area contributed by atoms with E-state index in [1.807, 2.05) is 0 Å². The topological polar surface area (TPSA) is 26.3 Å². The minimum Gasteiger partial charge on any atom is -0.422 e. The van der Waals surface area contributed by atoms with Gasteiger partial charge in [-0.1, -0.05) is 12.8 Å². The molecule has 2 atom stereocenters. The largest absolute Gasteiger partial charge is 0.422 e. The summed E-state index contributed by atoms with van der Waals surface area (Å²) in [6.07, 6.45) is 19.1. The molecule has 2 saturated carbocycles. The maximum Gasteiger partial charge on any atom is 0.309 e. The van der Waals surface area contributed by atoms with Gasteiger partial charge in [0.1, 0.15) is 0 Å². The summed E-state index contributed by atoms with van der Waals surface area (Å²) in [5, 5.41) is 0.0775. The van der Waals surface area contributed by atoms with Crippen LogP contribution in [0.5, 0.6) is 0 Å². The van der Waals surface area contributed by atoms with Crippen molar-refractivity contribution >= 4 is 21.8 Å². The summed E-state index contributed by atoms with van der Waals surface area (Å²) in [6, 6.07) is 0. The molecule has 2 saturated heterocycles. The molecule has 4 aliphatic rings. The van der Waals surface area contributed by atoms with E-state index >= 15 is 0 Å². The van der Waals surface area contributed by atoms with Crippen LogP contribution in [0.1, 0.15) is 77.0 Å². The lowest BCUT2D eigenvalue weighted by atomic mass is 9.99. The summed E-state index contributed by atoms with van der Waals surface area (Å²) in [6.45, 7) is 0. The van der Waals surface area contributed by atoms with Crippen LogP contribution in [0.15, 0.2) is 0 Å². The highest BCUT2D eigenvalue weighted by molar-refractivity contribution is 7.87. The Balaban J connectivity index is 1.71. The van der Waals surface area contributed by atoms with E-state index in [-0.39, 0.29) is 11.1 Å². The van der Waals surface area contributed by atoms with E-state index < -0.39 is 7.26 Å². The van der Waals surface area contributed by atoms with Crippen LogP contribution in [0.4, 0.5) is 0 Å². The standard InChI is InChI=1S/C18H31O2P2/c19-17-11-12-18(20-17)21-13-14-22(18,15-7-3-1-4-8-15)16-9-5-2-6-10-16/h15-16,21H,1-14H2/q+1. The van der Waals surface area contributed by atoms with Crippen LogP contribution in [0.3, 0.4) is 0 Å². The summed E-state index contributed by atoms with van der Waals surface area (Å²) in [4.78, 5) is 12.1. The Hall–Kier alpha value is 0.330. The smallest absolute Gasteiger partial charge is 0.309 e. The van der Waals surface area contributed by atoms with Crippen LogP contribution >= 0.6 is 15.8 Å². The molecule has 2 aliphatic carbocycles. The van der Waals surface area contributed by atoms with E-state index in [1.54, 1.807) is 0 Å². The van der Waals surface area contributed by atoms with E-state index in [0.29, 0.717) is 6.42 Å². The van der Waals surface area contributed by atoms with Crippen molar-refractivity contribution in [2.75, 3.05) is 12.3 Å². The van der Waals surface area contributed by atoms with Gasteiger partial charge in [-0.2, -0.15) is 0 Å². The quantitative estimate of drug-likeness (QED) is 0.500. The second-order valence-corrected chi connectivity index (χ2v) is 14.5. The molecule has 2 nitrogen and oxygen atoms in total. The van der Waals surface area contributed by atoms with Gasteiger partial charge in [0.25, 0.3) is 0 Å². The van der Waals surface area contributed by atoms with Gasteiger partial charge >= 0.3 is 5.97 Å². The second-order valence-electron chi connectivity index (χ2n) is 7.92. The fourth-order valence-corrected chi connectivity index (χ4v) is 18.1. The van der Waals surface area contributed by atoms with Gasteiger partial charge in [-0.15, -0.1) is 0 Å². The molecule has 0 aromatic heterocycles. The Bertz CT molecular complexity index is 409. The van der Waals surface area contributed by atoms with Crippen LogP contribution in [0, 0.1) is 0 Å². The summed E-state index contributed by atoms with van der Waals surface area (Å²) in [5.74, 6) is 0.130. The Labute approximate surface area is 137 Å². The normalized spacial score (nSPS) is 37.9. The molecule has 4 fully saturated rings. The maximum atomic E-state index is 12.1. The lowest BCUT2D eigenvalue weighted by molar-refractivity contribution is -0.140. The van der Waals surface area contributed by atoms with Crippen molar-refractivity contribution in [2.45, 2.75) is 93.5 Å². The molecule has 124 valence electrons. The fourth-order valence-electron chi connectivity index (χ4n) is 6.08. The zero-order chi connectivity index (χ0) is 15.0. The monoisotopic (exact) mass is 341 g/mol. The lowest BCUT2D eigenvalue weighted by Crippen LogP contribution is -2.39. The van der Waals surface area contributed by atoms with Gasteiger partial charge in [-0.3, -0.25) is 4.79 Å². The molecule has 4 rings (SSSR count). The summed E-state index contributed by atoms with van der Waals surface area (Å²) >= 11 is 0. The molecule has 0 bridgehead atoms. The zero-order valence-electron chi connectivity index (χ0n) is 13.8. The molecule has 4 heteroatoms. The number of esters is 1. The number of hydrogen-bond acceptors (Lipinski definition) is 2. The molecule has 2 heterocycles.